The Hall–Kier alpha value is -0.480. The Balaban J connectivity index is 2.39. The van der Waals surface area contributed by atoms with Crippen molar-refractivity contribution in [1.82, 2.24) is 14.5 Å². The van der Waals surface area contributed by atoms with E-state index in [1.165, 1.54) is 11.3 Å². The average molecular weight is 141 g/mol. The van der Waals surface area contributed by atoms with Crippen molar-refractivity contribution < 1.29 is 0 Å². The Labute approximate surface area is 58.6 Å². The SMILES string of the molecule is SN1Cc2cn[nH]c2C1. The average Bonchev–Trinajstić information content (AvgIpc) is 2.22. The molecule has 48 valence electrons. The van der Waals surface area contributed by atoms with Crippen LogP contribution in [-0.4, -0.2) is 14.5 Å². The molecule has 1 aliphatic heterocycles. The molecule has 0 radical (unpaired) electrons. The Bertz CT molecular complexity index is 199. The minimum absolute atomic E-state index is 0.887. The number of H-pyrrole nitrogens is 1. The quantitative estimate of drug-likeness (QED) is 0.518. The molecule has 0 unspecified atom stereocenters. The minimum Gasteiger partial charge on any atom is -0.281 e. The molecule has 3 nitrogen and oxygen atoms in total. The van der Waals surface area contributed by atoms with Crippen LogP contribution >= 0.6 is 12.8 Å². The lowest BCUT2D eigenvalue weighted by molar-refractivity contribution is 0.507. The minimum atomic E-state index is 0.887. The standard InChI is InChI=1S/C5H7N3S/c9-8-2-4-1-6-7-5(4)3-8/h1,9H,2-3H2,(H,6,7). The maximum absolute atomic E-state index is 4.19. The molecule has 4 heteroatoms. The zero-order valence-electron chi connectivity index (χ0n) is 4.83. The second kappa shape index (κ2) is 1.75. The molecule has 0 atom stereocenters. The molecule has 0 saturated carbocycles. The summed E-state index contributed by atoms with van der Waals surface area (Å²) in [6, 6.07) is 0. The van der Waals surface area contributed by atoms with E-state index in [1.807, 2.05) is 10.5 Å². The summed E-state index contributed by atoms with van der Waals surface area (Å²) < 4.78 is 1.95. The third-order valence-corrected chi connectivity index (χ3v) is 1.78. The van der Waals surface area contributed by atoms with Crippen molar-refractivity contribution in [2.45, 2.75) is 13.1 Å². The second-order valence-electron chi connectivity index (χ2n) is 2.20. The summed E-state index contributed by atoms with van der Waals surface area (Å²) in [6.07, 6.45) is 1.85. The van der Waals surface area contributed by atoms with Gasteiger partial charge < -0.3 is 0 Å². The molecule has 0 aromatic carbocycles. The smallest absolute Gasteiger partial charge is 0.0547 e. The lowest BCUT2D eigenvalue weighted by atomic mass is 10.3. The number of thiol groups is 1. The number of fused-ring (bicyclic) bond motifs is 1. The van der Waals surface area contributed by atoms with Gasteiger partial charge in [0.05, 0.1) is 18.4 Å². The van der Waals surface area contributed by atoms with Crippen LogP contribution < -0.4 is 0 Å². The first-order valence-electron chi connectivity index (χ1n) is 2.81. The molecular weight excluding hydrogens is 134 g/mol. The van der Waals surface area contributed by atoms with Gasteiger partial charge in [0.1, 0.15) is 0 Å². The van der Waals surface area contributed by atoms with E-state index in [4.69, 9.17) is 0 Å². The van der Waals surface area contributed by atoms with Gasteiger partial charge in [-0.3, -0.25) is 5.10 Å². The van der Waals surface area contributed by atoms with Gasteiger partial charge in [-0.25, -0.2) is 4.31 Å². The number of hydrogen-bond acceptors (Lipinski definition) is 3. The largest absolute Gasteiger partial charge is 0.281 e. The van der Waals surface area contributed by atoms with Gasteiger partial charge in [-0.1, -0.05) is 12.8 Å². The third-order valence-electron chi connectivity index (χ3n) is 1.50. The Morgan fingerprint density at radius 3 is 3.33 bits per heavy atom. The van der Waals surface area contributed by atoms with Crippen molar-refractivity contribution in [3.8, 4) is 0 Å². The molecule has 0 bridgehead atoms. The van der Waals surface area contributed by atoms with E-state index in [9.17, 15) is 0 Å². The van der Waals surface area contributed by atoms with E-state index in [2.05, 4.69) is 23.0 Å². The lowest BCUT2D eigenvalue weighted by Gasteiger charge is -2.01. The number of rotatable bonds is 0. The summed E-state index contributed by atoms with van der Waals surface area (Å²) in [6.45, 7) is 1.80. The number of nitrogens with one attached hydrogen (secondary N) is 1. The number of hydrogen-bond donors (Lipinski definition) is 2. The predicted molar refractivity (Wildman–Crippen MR) is 36.8 cm³/mol. The highest BCUT2D eigenvalue weighted by Crippen LogP contribution is 2.20. The van der Waals surface area contributed by atoms with E-state index < -0.39 is 0 Å². The molecule has 0 fully saturated rings. The Kier molecular flexibility index (Phi) is 1.03. The molecule has 1 aliphatic rings. The molecule has 1 aromatic rings. The van der Waals surface area contributed by atoms with E-state index in [-0.39, 0.29) is 0 Å². The molecule has 2 heterocycles. The highest BCUT2D eigenvalue weighted by atomic mass is 32.1. The summed E-state index contributed by atoms with van der Waals surface area (Å²) in [5.41, 5.74) is 2.47. The first-order chi connectivity index (χ1) is 4.36. The van der Waals surface area contributed by atoms with Crippen LogP contribution in [0.15, 0.2) is 6.20 Å². The summed E-state index contributed by atoms with van der Waals surface area (Å²) in [5.74, 6) is 0. The second-order valence-corrected chi connectivity index (χ2v) is 2.76. The summed E-state index contributed by atoms with van der Waals surface area (Å²) >= 11 is 4.19. The fraction of sp³-hybridized carbons (Fsp3) is 0.400. The van der Waals surface area contributed by atoms with E-state index in [0.29, 0.717) is 0 Å². The number of nitrogens with zero attached hydrogens (tertiary/aromatic N) is 2. The fourth-order valence-corrected chi connectivity index (χ4v) is 1.34. The molecule has 1 aromatic heterocycles. The number of aromatic amines is 1. The Morgan fingerprint density at radius 2 is 2.56 bits per heavy atom. The molecule has 9 heavy (non-hydrogen) atoms. The third kappa shape index (κ3) is 0.746. The van der Waals surface area contributed by atoms with Crippen molar-refractivity contribution in [3.05, 3.63) is 17.5 Å². The van der Waals surface area contributed by atoms with Gasteiger partial charge in [-0.15, -0.1) is 0 Å². The predicted octanol–water partition coefficient (Wildman–Crippen LogP) is 0.570. The first kappa shape index (κ1) is 5.32. The van der Waals surface area contributed by atoms with Gasteiger partial charge in [0.2, 0.25) is 0 Å². The monoisotopic (exact) mass is 141 g/mol. The van der Waals surface area contributed by atoms with Crippen LogP contribution in [0.2, 0.25) is 0 Å². The molecule has 0 spiro atoms. The topological polar surface area (TPSA) is 31.9 Å². The van der Waals surface area contributed by atoms with Crippen molar-refractivity contribution in [2.24, 2.45) is 0 Å². The van der Waals surface area contributed by atoms with Gasteiger partial charge in [-0.05, 0) is 0 Å². The fourth-order valence-electron chi connectivity index (χ4n) is 1.05. The van der Waals surface area contributed by atoms with Gasteiger partial charge in [0, 0.05) is 12.1 Å². The van der Waals surface area contributed by atoms with Crippen molar-refractivity contribution >= 4 is 12.8 Å². The van der Waals surface area contributed by atoms with Gasteiger partial charge in [-0.2, -0.15) is 5.10 Å². The number of aromatic nitrogens is 2. The molecular formula is C5H7N3S. The van der Waals surface area contributed by atoms with Crippen molar-refractivity contribution in [1.29, 1.82) is 0 Å². The van der Waals surface area contributed by atoms with Crippen LogP contribution in [0.3, 0.4) is 0 Å². The van der Waals surface area contributed by atoms with E-state index >= 15 is 0 Å². The molecule has 0 saturated heterocycles. The molecule has 0 amide bonds. The van der Waals surface area contributed by atoms with Crippen LogP contribution in [0.25, 0.3) is 0 Å². The van der Waals surface area contributed by atoms with Crippen LogP contribution in [0, 0.1) is 0 Å². The van der Waals surface area contributed by atoms with Crippen LogP contribution in [0.4, 0.5) is 0 Å². The maximum atomic E-state index is 4.19. The van der Waals surface area contributed by atoms with Crippen molar-refractivity contribution in [2.75, 3.05) is 0 Å². The summed E-state index contributed by atoms with van der Waals surface area (Å²) in [5, 5.41) is 6.80. The van der Waals surface area contributed by atoms with Crippen LogP contribution in [-0.2, 0) is 13.1 Å². The van der Waals surface area contributed by atoms with Gasteiger partial charge in [0.25, 0.3) is 0 Å². The van der Waals surface area contributed by atoms with E-state index in [1.54, 1.807) is 0 Å². The highest BCUT2D eigenvalue weighted by Gasteiger charge is 2.16. The lowest BCUT2D eigenvalue weighted by Crippen LogP contribution is -2.00. The van der Waals surface area contributed by atoms with Crippen LogP contribution in [0.5, 0.6) is 0 Å². The zero-order chi connectivity index (χ0) is 6.27. The molecule has 0 aliphatic carbocycles. The van der Waals surface area contributed by atoms with Gasteiger partial charge >= 0.3 is 0 Å². The van der Waals surface area contributed by atoms with Crippen molar-refractivity contribution in [3.63, 3.8) is 0 Å². The summed E-state index contributed by atoms with van der Waals surface area (Å²) in [4.78, 5) is 0. The van der Waals surface area contributed by atoms with Crippen LogP contribution in [0.1, 0.15) is 11.3 Å². The van der Waals surface area contributed by atoms with E-state index in [0.717, 1.165) is 13.1 Å². The zero-order valence-corrected chi connectivity index (χ0v) is 5.73. The highest BCUT2D eigenvalue weighted by molar-refractivity contribution is 7.77. The molecule has 2 rings (SSSR count). The molecule has 1 N–H and O–H groups in total. The normalized spacial score (nSPS) is 18.3. The van der Waals surface area contributed by atoms with Gasteiger partial charge in [0.15, 0.2) is 0 Å². The Morgan fingerprint density at radius 1 is 1.67 bits per heavy atom. The summed E-state index contributed by atoms with van der Waals surface area (Å²) in [7, 11) is 0. The maximum Gasteiger partial charge on any atom is 0.0547 e. The first-order valence-corrected chi connectivity index (χ1v) is 3.21.